The molecule has 1 fully saturated rings. The van der Waals surface area contributed by atoms with Gasteiger partial charge in [-0.15, -0.1) is 0 Å². The lowest BCUT2D eigenvalue weighted by Crippen LogP contribution is -2.41. The van der Waals surface area contributed by atoms with Crippen molar-refractivity contribution in [2.45, 2.75) is 25.8 Å². The maximum atomic E-state index is 5.16. The maximum Gasteiger partial charge on any atom is 0.0615 e. The Morgan fingerprint density at radius 2 is 2.36 bits per heavy atom. The summed E-state index contributed by atoms with van der Waals surface area (Å²) >= 11 is 0. The van der Waals surface area contributed by atoms with Crippen molar-refractivity contribution in [1.29, 1.82) is 0 Å². The van der Waals surface area contributed by atoms with Gasteiger partial charge in [0.2, 0.25) is 0 Å². The Bertz CT molecular complexity index is 146. The first-order valence-electron chi connectivity index (χ1n) is 5.64. The second-order valence-electron chi connectivity index (χ2n) is 4.46. The van der Waals surface area contributed by atoms with Crippen LogP contribution in [0.4, 0.5) is 0 Å². The zero-order valence-corrected chi connectivity index (χ0v) is 9.75. The fourth-order valence-corrected chi connectivity index (χ4v) is 2.04. The quantitative estimate of drug-likeness (QED) is 0.715. The van der Waals surface area contributed by atoms with Crippen LogP contribution in [0.25, 0.3) is 0 Å². The van der Waals surface area contributed by atoms with Crippen molar-refractivity contribution in [3.8, 4) is 0 Å². The van der Waals surface area contributed by atoms with E-state index in [1.54, 1.807) is 7.11 Å². The summed E-state index contributed by atoms with van der Waals surface area (Å²) in [6, 6.07) is 0.530. The maximum absolute atomic E-state index is 5.16. The lowest BCUT2D eigenvalue weighted by Gasteiger charge is -2.31. The molecule has 1 saturated heterocycles. The molecule has 0 aromatic carbocycles. The van der Waals surface area contributed by atoms with Crippen LogP contribution < -0.4 is 5.32 Å². The minimum absolute atomic E-state index is 0.530. The molecule has 0 radical (unpaired) electrons. The second kappa shape index (κ2) is 6.38. The highest BCUT2D eigenvalue weighted by Crippen LogP contribution is 2.12. The molecule has 0 aromatic rings. The van der Waals surface area contributed by atoms with E-state index in [1.807, 2.05) is 0 Å². The first kappa shape index (κ1) is 12.0. The molecular weight excluding hydrogens is 176 g/mol. The summed E-state index contributed by atoms with van der Waals surface area (Å²) in [5.74, 6) is 0.827. The van der Waals surface area contributed by atoms with Crippen LogP contribution in [0, 0.1) is 5.92 Å². The summed E-state index contributed by atoms with van der Waals surface area (Å²) in [5, 5.41) is 3.45. The number of likely N-dealkylation sites (N-methyl/N-ethyl adjacent to an activating group) is 1. The highest BCUT2D eigenvalue weighted by atomic mass is 16.5. The molecule has 0 aliphatic carbocycles. The van der Waals surface area contributed by atoms with Gasteiger partial charge < -0.3 is 15.0 Å². The van der Waals surface area contributed by atoms with Crippen LogP contribution in [0.1, 0.15) is 19.8 Å². The number of nitrogens with zero attached hydrogens (tertiary/aromatic N) is 1. The molecule has 84 valence electrons. The average Bonchev–Trinajstić information content (AvgIpc) is 2.19. The van der Waals surface area contributed by atoms with Crippen LogP contribution in [0.15, 0.2) is 0 Å². The molecule has 1 aliphatic heterocycles. The highest BCUT2D eigenvalue weighted by molar-refractivity contribution is 4.73. The first-order valence-corrected chi connectivity index (χ1v) is 5.64. The molecule has 2 unspecified atom stereocenters. The number of piperidine rings is 1. The topological polar surface area (TPSA) is 24.5 Å². The zero-order valence-electron chi connectivity index (χ0n) is 9.75. The number of ether oxygens (including phenoxy) is 1. The Hall–Kier alpha value is -0.120. The van der Waals surface area contributed by atoms with Gasteiger partial charge in [-0.2, -0.15) is 0 Å². The predicted molar refractivity (Wildman–Crippen MR) is 59.6 cm³/mol. The van der Waals surface area contributed by atoms with Crippen LogP contribution in [-0.4, -0.2) is 51.3 Å². The Morgan fingerprint density at radius 1 is 1.57 bits per heavy atom. The van der Waals surface area contributed by atoms with Crippen molar-refractivity contribution in [3.05, 3.63) is 0 Å². The molecule has 0 aromatic heterocycles. The van der Waals surface area contributed by atoms with E-state index in [-0.39, 0.29) is 0 Å². The minimum Gasteiger partial charge on any atom is -0.383 e. The lowest BCUT2D eigenvalue weighted by molar-refractivity contribution is 0.102. The van der Waals surface area contributed by atoms with E-state index < -0.39 is 0 Å². The Labute approximate surface area is 87.8 Å². The monoisotopic (exact) mass is 200 g/mol. The van der Waals surface area contributed by atoms with Gasteiger partial charge in [0.05, 0.1) is 6.61 Å². The van der Waals surface area contributed by atoms with Gasteiger partial charge in [-0.25, -0.2) is 0 Å². The van der Waals surface area contributed by atoms with E-state index in [4.69, 9.17) is 4.74 Å². The smallest absolute Gasteiger partial charge is 0.0615 e. The molecule has 2 atom stereocenters. The third kappa shape index (κ3) is 3.95. The largest absolute Gasteiger partial charge is 0.383 e. The molecule has 0 amide bonds. The standard InChI is InChI=1S/C11H24N2O/c1-10(9-14-3)13(2)8-11-5-4-6-12-7-11/h10-12H,4-9H2,1-3H3. The first-order chi connectivity index (χ1) is 6.74. The van der Waals surface area contributed by atoms with E-state index >= 15 is 0 Å². The van der Waals surface area contributed by atoms with Gasteiger partial charge in [-0.1, -0.05) is 0 Å². The summed E-state index contributed by atoms with van der Waals surface area (Å²) in [7, 11) is 3.96. The summed E-state index contributed by atoms with van der Waals surface area (Å²) in [5.41, 5.74) is 0. The summed E-state index contributed by atoms with van der Waals surface area (Å²) in [6.45, 7) is 6.63. The van der Waals surface area contributed by atoms with Gasteiger partial charge >= 0.3 is 0 Å². The van der Waals surface area contributed by atoms with E-state index in [0.717, 1.165) is 12.5 Å². The fraction of sp³-hybridized carbons (Fsp3) is 1.00. The SMILES string of the molecule is COCC(C)N(C)CC1CCCNC1. The lowest BCUT2D eigenvalue weighted by atomic mass is 9.99. The van der Waals surface area contributed by atoms with E-state index in [0.29, 0.717) is 6.04 Å². The van der Waals surface area contributed by atoms with Gasteiger partial charge in [0.25, 0.3) is 0 Å². The van der Waals surface area contributed by atoms with Crippen LogP contribution in [0.2, 0.25) is 0 Å². The fourth-order valence-electron chi connectivity index (χ4n) is 2.04. The average molecular weight is 200 g/mol. The van der Waals surface area contributed by atoms with Crippen molar-refractivity contribution in [2.24, 2.45) is 5.92 Å². The normalized spacial score (nSPS) is 25.3. The van der Waals surface area contributed by atoms with Gasteiger partial charge in [-0.3, -0.25) is 0 Å². The van der Waals surface area contributed by atoms with Crippen molar-refractivity contribution < 1.29 is 4.74 Å². The molecule has 14 heavy (non-hydrogen) atoms. The third-order valence-corrected chi connectivity index (χ3v) is 3.11. The van der Waals surface area contributed by atoms with Crippen molar-refractivity contribution in [3.63, 3.8) is 0 Å². The molecular formula is C11H24N2O. The van der Waals surface area contributed by atoms with Crippen LogP contribution in [0.5, 0.6) is 0 Å². The molecule has 1 heterocycles. The van der Waals surface area contributed by atoms with Crippen molar-refractivity contribution in [1.82, 2.24) is 10.2 Å². The number of hydrogen-bond donors (Lipinski definition) is 1. The van der Waals surface area contributed by atoms with Crippen LogP contribution in [-0.2, 0) is 4.74 Å². The molecule has 0 saturated carbocycles. The highest BCUT2D eigenvalue weighted by Gasteiger charge is 2.17. The zero-order chi connectivity index (χ0) is 10.4. The van der Waals surface area contributed by atoms with E-state index in [1.165, 1.54) is 32.5 Å². The second-order valence-corrected chi connectivity index (χ2v) is 4.46. The van der Waals surface area contributed by atoms with Gasteiger partial charge in [0.15, 0.2) is 0 Å². The van der Waals surface area contributed by atoms with Gasteiger partial charge in [0, 0.05) is 19.7 Å². The van der Waals surface area contributed by atoms with E-state index in [2.05, 4.69) is 24.2 Å². The summed E-state index contributed by atoms with van der Waals surface area (Å²) in [4.78, 5) is 2.40. The Balaban J connectivity index is 2.20. The number of hydrogen-bond acceptors (Lipinski definition) is 3. The minimum atomic E-state index is 0.530. The van der Waals surface area contributed by atoms with Gasteiger partial charge in [-0.05, 0) is 45.8 Å². The summed E-state index contributed by atoms with van der Waals surface area (Å²) < 4.78 is 5.16. The van der Waals surface area contributed by atoms with E-state index in [9.17, 15) is 0 Å². The Kier molecular flexibility index (Phi) is 5.45. The molecule has 1 rings (SSSR count). The number of nitrogens with one attached hydrogen (secondary N) is 1. The molecule has 3 nitrogen and oxygen atoms in total. The van der Waals surface area contributed by atoms with Crippen molar-refractivity contribution >= 4 is 0 Å². The third-order valence-electron chi connectivity index (χ3n) is 3.11. The molecule has 1 N–H and O–H groups in total. The predicted octanol–water partition coefficient (Wildman–Crippen LogP) is 0.953. The van der Waals surface area contributed by atoms with Crippen LogP contribution in [0.3, 0.4) is 0 Å². The van der Waals surface area contributed by atoms with Crippen molar-refractivity contribution in [2.75, 3.05) is 40.4 Å². The molecule has 1 aliphatic rings. The van der Waals surface area contributed by atoms with Crippen LogP contribution >= 0.6 is 0 Å². The van der Waals surface area contributed by atoms with Gasteiger partial charge in [0.1, 0.15) is 0 Å². The molecule has 3 heteroatoms. The number of methoxy groups -OCH3 is 1. The molecule has 0 bridgehead atoms. The summed E-state index contributed by atoms with van der Waals surface area (Å²) in [6.07, 6.45) is 2.70. The Morgan fingerprint density at radius 3 is 2.93 bits per heavy atom. The molecule has 0 spiro atoms. The number of rotatable bonds is 5.